The SMILES string of the molecule is CC(Oc1ncccn1)C1CN(C(=O)N2CCN(S(C)(=O)=O)CC2)CC1c1ccc(Cl)c(Cl)c1. The summed E-state index contributed by atoms with van der Waals surface area (Å²) in [4.78, 5) is 25.2. The van der Waals surface area contributed by atoms with E-state index >= 15 is 0 Å². The van der Waals surface area contributed by atoms with Crippen molar-refractivity contribution in [3.63, 3.8) is 0 Å². The van der Waals surface area contributed by atoms with Crippen LogP contribution in [0.2, 0.25) is 10.0 Å². The molecule has 3 unspecified atom stereocenters. The molecule has 1 aromatic carbocycles. The average molecular weight is 528 g/mol. The van der Waals surface area contributed by atoms with E-state index in [-0.39, 0.29) is 30.0 Å². The largest absolute Gasteiger partial charge is 0.460 e. The van der Waals surface area contributed by atoms with Crippen molar-refractivity contribution in [1.29, 1.82) is 0 Å². The van der Waals surface area contributed by atoms with Gasteiger partial charge in [-0.05, 0) is 30.7 Å². The second kappa shape index (κ2) is 10.2. The first-order valence-electron chi connectivity index (χ1n) is 11.0. The molecule has 2 amide bonds. The van der Waals surface area contributed by atoms with Crippen LogP contribution in [0, 0.1) is 5.92 Å². The number of hydrogen-bond acceptors (Lipinski definition) is 6. The highest BCUT2D eigenvalue weighted by atomic mass is 35.5. The van der Waals surface area contributed by atoms with Gasteiger partial charge in [0, 0.05) is 63.5 Å². The number of ether oxygens (including phenoxy) is 1. The van der Waals surface area contributed by atoms with Crippen LogP contribution >= 0.6 is 23.2 Å². The number of piperazine rings is 1. The number of sulfonamides is 1. The second-order valence-corrected chi connectivity index (χ2v) is 11.4. The normalized spacial score (nSPS) is 22.6. The van der Waals surface area contributed by atoms with E-state index in [9.17, 15) is 13.2 Å². The maximum Gasteiger partial charge on any atom is 0.320 e. The van der Waals surface area contributed by atoms with E-state index in [1.54, 1.807) is 34.3 Å². The van der Waals surface area contributed by atoms with Crippen molar-refractivity contribution < 1.29 is 17.9 Å². The van der Waals surface area contributed by atoms with Crippen LogP contribution < -0.4 is 4.74 Å². The zero-order valence-corrected chi connectivity index (χ0v) is 21.3. The van der Waals surface area contributed by atoms with Crippen LogP contribution in [0.1, 0.15) is 18.4 Å². The van der Waals surface area contributed by atoms with Crippen molar-refractivity contribution >= 4 is 39.3 Å². The fourth-order valence-corrected chi connectivity index (χ4v) is 5.70. The van der Waals surface area contributed by atoms with Gasteiger partial charge in [-0.1, -0.05) is 29.3 Å². The second-order valence-electron chi connectivity index (χ2n) is 8.63. The minimum Gasteiger partial charge on any atom is -0.460 e. The Labute approximate surface area is 209 Å². The van der Waals surface area contributed by atoms with E-state index in [1.807, 2.05) is 19.1 Å². The number of hydrogen-bond donors (Lipinski definition) is 0. The van der Waals surface area contributed by atoms with Gasteiger partial charge in [0.25, 0.3) is 0 Å². The third kappa shape index (κ3) is 5.56. The Morgan fingerprint density at radius 2 is 1.74 bits per heavy atom. The Bertz CT molecular complexity index is 1130. The third-order valence-electron chi connectivity index (χ3n) is 6.42. The van der Waals surface area contributed by atoms with Crippen LogP contribution in [0.15, 0.2) is 36.7 Å². The summed E-state index contributed by atoms with van der Waals surface area (Å²) in [5.41, 5.74) is 0.973. The van der Waals surface area contributed by atoms with Crippen LogP contribution in [0.4, 0.5) is 4.79 Å². The summed E-state index contributed by atoms with van der Waals surface area (Å²) in [5, 5.41) is 0.929. The number of aromatic nitrogens is 2. The van der Waals surface area contributed by atoms with Crippen LogP contribution in [0.3, 0.4) is 0 Å². The molecule has 1 aromatic heterocycles. The highest BCUT2D eigenvalue weighted by Gasteiger charge is 2.42. The molecular weight excluding hydrogens is 501 g/mol. The van der Waals surface area contributed by atoms with Crippen molar-refractivity contribution in [2.45, 2.75) is 18.9 Å². The molecule has 3 heterocycles. The molecule has 4 rings (SSSR count). The molecule has 2 aromatic rings. The molecule has 2 aliphatic heterocycles. The van der Waals surface area contributed by atoms with Crippen molar-refractivity contribution in [2.24, 2.45) is 5.92 Å². The van der Waals surface area contributed by atoms with Gasteiger partial charge in [0.15, 0.2) is 0 Å². The quantitative estimate of drug-likeness (QED) is 0.592. The van der Waals surface area contributed by atoms with Gasteiger partial charge in [-0.3, -0.25) is 0 Å². The van der Waals surface area contributed by atoms with E-state index in [1.165, 1.54) is 10.6 Å². The number of urea groups is 1. The molecule has 2 aliphatic rings. The maximum absolute atomic E-state index is 13.4. The van der Waals surface area contributed by atoms with Crippen LogP contribution in [-0.4, -0.2) is 90.2 Å². The molecule has 0 spiro atoms. The Morgan fingerprint density at radius 3 is 2.35 bits per heavy atom. The zero-order valence-electron chi connectivity index (χ0n) is 19.0. The topological polar surface area (TPSA) is 95.9 Å². The van der Waals surface area contributed by atoms with Gasteiger partial charge in [-0.2, -0.15) is 4.31 Å². The number of benzene rings is 1. The van der Waals surface area contributed by atoms with Crippen LogP contribution in [0.5, 0.6) is 6.01 Å². The number of carbonyl (C=O) groups excluding carboxylic acids is 1. The van der Waals surface area contributed by atoms with Gasteiger partial charge in [-0.25, -0.2) is 23.2 Å². The molecule has 0 saturated carbocycles. The van der Waals surface area contributed by atoms with Gasteiger partial charge in [-0.15, -0.1) is 0 Å². The van der Waals surface area contributed by atoms with Crippen LogP contribution in [0.25, 0.3) is 0 Å². The van der Waals surface area contributed by atoms with Crippen molar-refractivity contribution in [2.75, 3.05) is 45.5 Å². The number of likely N-dealkylation sites (tertiary alicyclic amines) is 1. The average Bonchev–Trinajstić information content (AvgIpc) is 3.26. The Kier molecular flexibility index (Phi) is 7.51. The summed E-state index contributed by atoms with van der Waals surface area (Å²) in [7, 11) is -3.27. The van der Waals surface area contributed by atoms with Gasteiger partial charge >= 0.3 is 12.0 Å². The first-order valence-corrected chi connectivity index (χ1v) is 13.6. The molecule has 34 heavy (non-hydrogen) atoms. The number of rotatable bonds is 5. The Morgan fingerprint density at radius 1 is 1.06 bits per heavy atom. The van der Waals surface area contributed by atoms with E-state index in [2.05, 4.69) is 9.97 Å². The van der Waals surface area contributed by atoms with Gasteiger partial charge < -0.3 is 14.5 Å². The molecule has 3 atom stereocenters. The Balaban J connectivity index is 1.52. The van der Waals surface area contributed by atoms with Gasteiger partial charge in [0.2, 0.25) is 10.0 Å². The molecular formula is C22H27Cl2N5O4S. The molecule has 184 valence electrons. The highest BCUT2D eigenvalue weighted by Crippen LogP contribution is 2.38. The van der Waals surface area contributed by atoms with Crippen molar-refractivity contribution in [3.05, 3.63) is 52.3 Å². The monoisotopic (exact) mass is 527 g/mol. The molecule has 0 radical (unpaired) electrons. The summed E-state index contributed by atoms with van der Waals surface area (Å²) in [5.74, 6) is -0.0722. The molecule has 0 N–H and O–H groups in total. The molecule has 2 saturated heterocycles. The number of halogens is 2. The lowest BCUT2D eigenvalue weighted by Crippen LogP contribution is -2.53. The predicted molar refractivity (Wildman–Crippen MR) is 130 cm³/mol. The highest BCUT2D eigenvalue weighted by molar-refractivity contribution is 7.88. The van der Waals surface area contributed by atoms with Gasteiger partial charge in [0.1, 0.15) is 6.10 Å². The lowest BCUT2D eigenvalue weighted by atomic mass is 9.86. The van der Waals surface area contributed by atoms with E-state index in [0.717, 1.165) is 5.56 Å². The molecule has 0 aliphatic carbocycles. The van der Waals surface area contributed by atoms with E-state index in [0.29, 0.717) is 49.3 Å². The van der Waals surface area contributed by atoms with Crippen LogP contribution in [-0.2, 0) is 10.0 Å². The number of nitrogens with zero attached hydrogens (tertiary/aromatic N) is 5. The fourth-order valence-electron chi connectivity index (χ4n) is 4.57. The summed E-state index contributed by atoms with van der Waals surface area (Å²) in [6.45, 7) is 4.21. The van der Waals surface area contributed by atoms with E-state index < -0.39 is 10.0 Å². The van der Waals surface area contributed by atoms with E-state index in [4.69, 9.17) is 27.9 Å². The molecule has 12 heteroatoms. The first-order chi connectivity index (χ1) is 16.1. The molecule has 2 fully saturated rings. The molecule has 9 nitrogen and oxygen atoms in total. The lowest BCUT2D eigenvalue weighted by molar-refractivity contribution is 0.123. The summed E-state index contributed by atoms with van der Waals surface area (Å²) in [6, 6.07) is 7.42. The minimum atomic E-state index is -3.27. The summed E-state index contributed by atoms with van der Waals surface area (Å²) in [6.07, 6.45) is 4.15. The standard InChI is InChI=1S/C22H27Cl2N5O4S/c1-15(33-21-25-6-3-7-26-21)17-13-28(14-18(17)16-4-5-19(23)20(24)12-16)22(30)27-8-10-29(11-9-27)34(2,31)32/h3-7,12,15,17-18H,8-11,13-14H2,1-2H3. The number of carbonyl (C=O) groups is 1. The first kappa shape index (κ1) is 25.0. The summed E-state index contributed by atoms with van der Waals surface area (Å²) >= 11 is 12.4. The lowest BCUT2D eigenvalue weighted by Gasteiger charge is -2.35. The molecule has 0 bridgehead atoms. The van der Waals surface area contributed by atoms with Crippen molar-refractivity contribution in [1.82, 2.24) is 24.1 Å². The number of amides is 2. The van der Waals surface area contributed by atoms with Crippen molar-refractivity contribution in [3.8, 4) is 6.01 Å². The smallest absolute Gasteiger partial charge is 0.320 e. The fraction of sp³-hybridized carbons (Fsp3) is 0.500. The zero-order chi connectivity index (χ0) is 24.5. The minimum absolute atomic E-state index is 0.0327. The maximum atomic E-state index is 13.4. The third-order valence-corrected chi connectivity index (χ3v) is 8.46. The predicted octanol–water partition coefficient (Wildman–Crippen LogP) is 2.96. The van der Waals surface area contributed by atoms with Gasteiger partial charge in [0.05, 0.1) is 16.3 Å². The summed E-state index contributed by atoms with van der Waals surface area (Å²) < 4.78 is 31.0. The Hall–Kier alpha value is -2.14.